The first-order valence-electron chi connectivity index (χ1n) is 3.72. The summed E-state index contributed by atoms with van der Waals surface area (Å²) in [6, 6.07) is 0. The number of hydrogen-bond donors (Lipinski definition) is 0. The molecule has 72 valence electrons. The highest BCUT2D eigenvalue weighted by Crippen LogP contribution is 2.16. The van der Waals surface area contributed by atoms with Gasteiger partial charge in [-0.3, -0.25) is 9.00 Å². The third-order valence-electron chi connectivity index (χ3n) is 1.85. The van der Waals surface area contributed by atoms with Gasteiger partial charge in [-0.1, -0.05) is 0 Å². The highest BCUT2D eigenvalue weighted by Gasteiger charge is 2.35. The van der Waals surface area contributed by atoms with Crippen LogP contribution in [0.1, 0.15) is 20.8 Å². The molecule has 3 nitrogen and oxygen atoms in total. The van der Waals surface area contributed by atoms with Gasteiger partial charge in [-0.25, -0.2) is 0 Å². The molecule has 0 bridgehead atoms. The van der Waals surface area contributed by atoms with Crippen molar-refractivity contribution in [1.29, 1.82) is 0 Å². The molecule has 0 saturated carbocycles. The summed E-state index contributed by atoms with van der Waals surface area (Å²) in [6.07, 6.45) is 1.46. The Morgan fingerprint density at radius 3 is 2.25 bits per heavy atom. The molecule has 0 aromatic carbocycles. The molecule has 0 rings (SSSR count). The third kappa shape index (κ3) is 2.24. The Morgan fingerprint density at radius 2 is 2.00 bits per heavy atom. The van der Waals surface area contributed by atoms with Crippen LogP contribution < -0.4 is 0 Å². The average Bonchev–Trinajstić information content (AvgIpc) is 1.85. The Hall–Kier alpha value is -0.510. The van der Waals surface area contributed by atoms with E-state index in [4.69, 9.17) is 4.74 Å². The normalized spacial score (nSPS) is 16.7. The second-order valence-corrected chi connectivity index (χ2v) is 6.27. The van der Waals surface area contributed by atoms with Gasteiger partial charge in [0.1, 0.15) is 4.75 Å². The summed E-state index contributed by atoms with van der Waals surface area (Å²) in [7, 11) is -2.40. The molecule has 0 N–H and O–H groups in total. The van der Waals surface area contributed by atoms with Gasteiger partial charge in [0.2, 0.25) is 0 Å². The average molecular weight is 192 g/mol. The van der Waals surface area contributed by atoms with Crippen molar-refractivity contribution in [2.45, 2.75) is 25.5 Å². The van der Waals surface area contributed by atoms with E-state index in [1.165, 1.54) is 6.26 Å². The molecular formula is C8H16O3S. The Labute approximate surface area is 74.1 Å². The molecule has 0 spiro atoms. The second kappa shape index (κ2) is 3.47. The SMILES string of the molecule is C=S(C)(=O)C(C)(C)C(=O)OCC. The molecule has 0 radical (unpaired) electrons. The molecule has 0 aliphatic carbocycles. The summed E-state index contributed by atoms with van der Waals surface area (Å²) in [5.41, 5.74) is 0. The van der Waals surface area contributed by atoms with Gasteiger partial charge < -0.3 is 4.74 Å². The van der Waals surface area contributed by atoms with Crippen molar-refractivity contribution >= 4 is 21.4 Å². The van der Waals surface area contributed by atoms with E-state index in [9.17, 15) is 9.00 Å². The fourth-order valence-electron chi connectivity index (χ4n) is 0.481. The van der Waals surface area contributed by atoms with Crippen LogP contribution in [0.2, 0.25) is 0 Å². The van der Waals surface area contributed by atoms with E-state index < -0.39 is 20.2 Å². The monoisotopic (exact) mass is 192 g/mol. The van der Waals surface area contributed by atoms with Crippen LogP contribution in [-0.4, -0.2) is 33.7 Å². The van der Waals surface area contributed by atoms with Crippen molar-refractivity contribution < 1.29 is 13.7 Å². The van der Waals surface area contributed by atoms with Crippen LogP contribution in [0.3, 0.4) is 0 Å². The van der Waals surface area contributed by atoms with Gasteiger partial charge in [0.05, 0.1) is 6.61 Å². The summed E-state index contributed by atoms with van der Waals surface area (Å²) < 4.78 is 15.3. The number of hydrogen-bond acceptors (Lipinski definition) is 3. The van der Waals surface area contributed by atoms with Crippen LogP contribution in [0.4, 0.5) is 0 Å². The van der Waals surface area contributed by atoms with Crippen LogP contribution in [0, 0.1) is 0 Å². The van der Waals surface area contributed by atoms with Crippen LogP contribution in [0.25, 0.3) is 0 Å². The molecular weight excluding hydrogens is 176 g/mol. The molecule has 4 heteroatoms. The zero-order valence-electron chi connectivity index (χ0n) is 8.05. The van der Waals surface area contributed by atoms with E-state index >= 15 is 0 Å². The van der Waals surface area contributed by atoms with Crippen LogP contribution >= 0.6 is 0 Å². The van der Waals surface area contributed by atoms with E-state index in [-0.39, 0.29) is 0 Å². The lowest BCUT2D eigenvalue weighted by Gasteiger charge is -2.23. The molecule has 0 aromatic heterocycles. The number of ether oxygens (including phenoxy) is 1. The summed E-state index contributed by atoms with van der Waals surface area (Å²) in [6.45, 7) is 5.19. The molecule has 0 saturated heterocycles. The molecule has 0 aliphatic heterocycles. The predicted molar refractivity (Wildman–Crippen MR) is 51.9 cm³/mol. The lowest BCUT2D eigenvalue weighted by Crippen LogP contribution is -2.41. The van der Waals surface area contributed by atoms with E-state index in [0.717, 1.165) is 0 Å². The number of carbonyl (C=O) groups is 1. The van der Waals surface area contributed by atoms with E-state index in [1.807, 2.05) is 0 Å². The molecule has 1 atom stereocenters. The number of rotatable bonds is 3. The molecule has 0 aromatic rings. The van der Waals surface area contributed by atoms with Crippen LogP contribution in [-0.2, 0) is 19.1 Å². The van der Waals surface area contributed by atoms with Gasteiger partial charge in [0.15, 0.2) is 0 Å². The van der Waals surface area contributed by atoms with E-state index in [1.54, 1.807) is 20.8 Å². The molecule has 0 fully saturated rings. The molecule has 0 aliphatic rings. The molecule has 12 heavy (non-hydrogen) atoms. The zero-order valence-corrected chi connectivity index (χ0v) is 8.86. The summed E-state index contributed by atoms with van der Waals surface area (Å²) >= 11 is 0. The van der Waals surface area contributed by atoms with Gasteiger partial charge in [0.25, 0.3) is 0 Å². The molecule has 0 heterocycles. The van der Waals surface area contributed by atoms with Crippen molar-refractivity contribution in [3.8, 4) is 0 Å². The molecule has 1 unspecified atom stereocenters. The maximum Gasteiger partial charge on any atom is 0.323 e. The van der Waals surface area contributed by atoms with Crippen LogP contribution in [0.15, 0.2) is 0 Å². The van der Waals surface area contributed by atoms with Crippen molar-refractivity contribution in [1.82, 2.24) is 0 Å². The fourth-order valence-corrected chi connectivity index (χ4v) is 0.893. The van der Waals surface area contributed by atoms with E-state index in [2.05, 4.69) is 5.87 Å². The van der Waals surface area contributed by atoms with Crippen molar-refractivity contribution in [3.05, 3.63) is 0 Å². The summed E-state index contributed by atoms with van der Waals surface area (Å²) in [5.74, 6) is 3.02. The summed E-state index contributed by atoms with van der Waals surface area (Å²) in [5, 5.41) is 0. The van der Waals surface area contributed by atoms with Crippen molar-refractivity contribution in [2.24, 2.45) is 0 Å². The minimum absolute atomic E-state index is 0.303. The van der Waals surface area contributed by atoms with Crippen molar-refractivity contribution in [2.75, 3.05) is 12.9 Å². The molecule has 0 amide bonds. The highest BCUT2D eigenvalue weighted by molar-refractivity contribution is 8.01. The Balaban J connectivity index is 4.75. The first kappa shape index (κ1) is 11.5. The lowest BCUT2D eigenvalue weighted by molar-refractivity contribution is -0.145. The smallest absolute Gasteiger partial charge is 0.323 e. The predicted octanol–water partition coefficient (Wildman–Crippen LogP) is 0.674. The summed E-state index contributed by atoms with van der Waals surface area (Å²) in [4.78, 5) is 11.3. The maximum absolute atomic E-state index is 11.5. The second-order valence-electron chi connectivity index (χ2n) is 3.24. The first-order chi connectivity index (χ1) is 5.23. The maximum atomic E-state index is 11.5. The van der Waals surface area contributed by atoms with Gasteiger partial charge >= 0.3 is 5.97 Å². The highest BCUT2D eigenvalue weighted by atomic mass is 32.2. The van der Waals surface area contributed by atoms with Crippen LogP contribution in [0.5, 0.6) is 0 Å². The topological polar surface area (TPSA) is 43.4 Å². The van der Waals surface area contributed by atoms with Gasteiger partial charge in [0, 0.05) is 6.26 Å². The Bertz CT molecular complexity index is 262. The largest absolute Gasteiger partial charge is 0.465 e. The Kier molecular flexibility index (Phi) is 3.33. The standard InChI is InChI=1S/C8H16O3S/c1-6-11-7(9)8(2,3)12(4,5)10/h4,6H2,1-3,5H3. The lowest BCUT2D eigenvalue weighted by atomic mass is 10.2. The van der Waals surface area contributed by atoms with Gasteiger partial charge in [-0.15, -0.1) is 0 Å². The minimum atomic E-state index is -2.40. The quantitative estimate of drug-likeness (QED) is 0.487. The zero-order chi connectivity index (χ0) is 9.99. The van der Waals surface area contributed by atoms with Crippen molar-refractivity contribution in [3.63, 3.8) is 0 Å². The van der Waals surface area contributed by atoms with Gasteiger partial charge in [-0.2, -0.15) is 0 Å². The minimum Gasteiger partial charge on any atom is -0.465 e. The number of carbonyl (C=O) groups excluding carboxylic acids is 1. The van der Waals surface area contributed by atoms with E-state index in [0.29, 0.717) is 6.61 Å². The Morgan fingerprint density at radius 1 is 1.58 bits per heavy atom. The van der Waals surface area contributed by atoms with Gasteiger partial charge in [-0.05, 0) is 36.2 Å². The fraction of sp³-hybridized carbons (Fsp3) is 0.750. The third-order valence-corrected chi connectivity index (χ3v) is 4.17. The number of esters is 1. The first-order valence-corrected chi connectivity index (χ1v) is 5.86.